The van der Waals surface area contributed by atoms with E-state index in [1.165, 1.54) is 0 Å². The van der Waals surface area contributed by atoms with Crippen LogP contribution in [0, 0.1) is 13.0 Å². The molecule has 0 saturated carbocycles. The average Bonchev–Trinajstić information content (AvgIpc) is 2.89. The van der Waals surface area contributed by atoms with Crippen molar-refractivity contribution in [3.05, 3.63) is 53.5 Å². The zero-order valence-electron chi connectivity index (χ0n) is 11.4. The second-order valence-corrected chi connectivity index (χ2v) is 4.67. The van der Waals surface area contributed by atoms with Gasteiger partial charge in [0.1, 0.15) is 11.5 Å². The number of ether oxygens (including phenoxy) is 1. The summed E-state index contributed by atoms with van der Waals surface area (Å²) in [5, 5.41) is 2.99. The van der Waals surface area contributed by atoms with Crippen LogP contribution in [-0.4, -0.2) is 11.9 Å². The van der Waals surface area contributed by atoms with Crippen molar-refractivity contribution in [2.75, 3.05) is 0 Å². The second-order valence-electron chi connectivity index (χ2n) is 4.67. The molecule has 6 nitrogen and oxygen atoms in total. The Morgan fingerprint density at radius 2 is 2.33 bits per heavy atom. The minimum atomic E-state index is -0.865. The predicted octanol–water partition coefficient (Wildman–Crippen LogP) is 1.72. The summed E-state index contributed by atoms with van der Waals surface area (Å²) in [5.41, 5.74) is 6.63. The molecule has 0 spiro atoms. The highest BCUT2D eigenvalue weighted by atomic mass is 16.5. The molecule has 6 heteroatoms. The minimum absolute atomic E-state index is 0.242. The predicted molar refractivity (Wildman–Crippen MR) is 75.7 cm³/mol. The Bertz CT molecular complexity index is 706. The fourth-order valence-electron chi connectivity index (χ4n) is 2.09. The number of hydrogen-bond donors (Lipinski definition) is 2. The molecular weight excluding hydrogens is 270 g/mol. The minimum Gasteiger partial charge on any atom is -0.465 e. The number of hydrogen-bond acceptors (Lipinski definition) is 5. The van der Waals surface area contributed by atoms with Crippen molar-refractivity contribution in [1.82, 2.24) is 5.32 Å². The zero-order chi connectivity index (χ0) is 14.8. The van der Waals surface area contributed by atoms with Gasteiger partial charge in [0.15, 0.2) is 0 Å². The number of benzene rings is 1. The molecule has 1 aromatic heterocycles. The summed E-state index contributed by atoms with van der Waals surface area (Å²) < 4.78 is 11.0. The van der Waals surface area contributed by atoms with Crippen LogP contribution in [0.3, 0.4) is 0 Å². The third-order valence-corrected chi connectivity index (χ3v) is 3.07. The fraction of sp³-hybridized carbons (Fsp3) is 0.200. The van der Waals surface area contributed by atoms with Gasteiger partial charge in [0.2, 0.25) is 6.10 Å². The Balaban J connectivity index is 1.80. The number of amidine groups is 1. The molecule has 2 aromatic rings. The van der Waals surface area contributed by atoms with Crippen LogP contribution in [-0.2, 0) is 16.1 Å². The average molecular weight is 284 g/mol. The van der Waals surface area contributed by atoms with E-state index in [0.717, 1.165) is 11.5 Å². The number of fused-ring (bicyclic) bond motifs is 1. The highest BCUT2D eigenvalue weighted by molar-refractivity contribution is 5.89. The number of aryl methyl sites for hydroxylation is 1. The van der Waals surface area contributed by atoms with Gasteiger partial charge in [-0.25, -0.2) is 0 Å². The highest BCUT2D eigenvalue weighted by Crippen LogP contribution is 2.31. The molecule has 1 unspecified atom stereocenters. The first-order valence-corrected chi connectivity index (χ1v) is 6.47. The van der Waals surface area contributed by atoms with Gasteiger partial charge in [0.05, 0.1) is 12.2 Å². The third-order valence-electron chi connectivity index (χ3n) is 3.07. The standard InChI is InChI=1S/C15H14N3O3/c1-9-6-7-10(20-9)8-17-15-18-12-5-3-2-4-11(12)13(21-15)14(16)19/h3-7,13H,8H2,1H3,(H2,16,19)(H,17,18). The number of carbonyl (C=O) groups is 1. The molecule has 1 aliphatic rings. The molecule has 1 atom stereocenters. The van der Waals surface area contributed by atoms with E-state index in [4.69, 9.17) is 14.9 Å². The van der Waals surface area contributed by atoms with E-state index in [0.29, 0.717) is 17.8 Å². The SMILES string of the molecule is Cc1ccc(CNC2=Nc3cc[c]cc3C(C(N)=O)O2)o1. The quantitative estimate of drug-likeness (QED) is 0.898. The van der Waals surface area contributed by atoms with Crippen molar-refractivity contribution in [3.8, 4) is 0 Å². The topological polar surface area (TPSA) is 89.8 Å². The van der Waals surface area contributed by atoms with E-state index in [9.17, 15) is 4.79 Å². The van der Waals surface area contributed by atoms with Gasteiger partial charge < -0.3 is 20.2 Å². The summed E-state index contributed by atoms with van der Waals surface area (Å²) in [6.45, 7) is 2.28. The molecule has 2 heterocycles. The first kappa shape index (κ1) is 13.2. The van der Waals surface area contributed by atoms with Crippen LogP contribution in [0.1, 0.15) is 23.2 Å². The van der Waals surface area contributed by atoms with Gasteiger partial charge in [-0.05, 0) is 37.3 Å². The highest BCUT2D eigenvalue weighted by Gasteiger charge is 2.28. The fourth-order valence-corrected chi connectivity index (χ4v) is 2.09. The Labute approximate surface area is 121 Å². The third kappa shape index (κ3) is 2.74. The van der Waals surface area contributed by atoms with Crippen LogP contribution >= 0.6 is 0 Å². The number of primary amides is 1. The monoisotopic (exact) mass is 284 g/mol. The van der Waals surface area contributed by atoms with Crippen molar-refractivity contribution >= 4 is 17.6 Å². The van der Waals surface area contributed by atoms with Crippen molar-refractivity contribution < 1.29 is 13.9 Å². The molecular formula is C15H14N3O3. The zero-order valence-corrected chi connectivity index (χ0v) is 11.4. The maximum Gasteiger partial charge on any atom is 0.291 e. The second kappa shape index (κ2) is 5.32. The van der Waals surface area contributed by atoms with E-state index in [1.54, 1.807) is 18.2 Å². The lowest BCUT2D eigenvalue weighted by atomic mass is 10.1. The Morgan fingerprint density at radius 1 is 1.48 bits per heavy atom. The molecule has 0 fully saturated rings. The number of aliphatic imine (C=N–C) groups is 1. The molecule has 3 N–H and O–H groups in total. The van der Waals surface area contributed by atoms with Crippen molar-refractivity contribution in [3.63, 3.8) is 0 Å². The maximum atomic E-state index is 11.5. The first-order chi connectivity index (χ1) is 10.1. The molecule has 0 bridgehead atoms. The summed E-state index contributed by atoms with van der Waals surface area (Å²) >= 11 is 0. The van der Waals surface area contributed by atoms with Gasteiger partial charge in [-0.2, -0.15) is 4.99 Å². The van der Waals surface area contributed by atoms with Gasteiger partial charge in [-0.3, -0.25) is 4.79 Å². The molecule has 3 rings (SSSR count). The number of nitrogens with zero attached hydrogens (tertiary/aromatic N) is 1. The molecule has 21 heavy (non-hydrogen) atoms. The summed E-state index contributed by atoms with van der Waals surface area (Å²) in [6, 6.07) is 12.0. The van der Waals surface area contributed by atoms with Crippen LogP contribution in [0.25, 0.3) is 0 Å². The molecule has 1 radical (unpaired) electrons. The van der Waals surface area contributed by atoms with Crippen LogP contribution in [0.15, 0.2) is 39.7 Å². The Morgan fingerprint density at radius 3 is 3.05 bits per heavy atom. The molecule has 1 aliphatic heterocycles. The van der Waals surface area contributed by atoms with Gasteiger partial charge in [-0.15, -0.1) is 0 Å². The van der Waals surface area contributed by atoms with Crippen LogP contribution in [0.4, 0.5) is 5.69 Å². The lowest BCUT2D eigenvalue weighted by Crippen LogP contribution is -2.34. The van der Waals surface area contributed by atoms with Gasteiger partial charge in [0, 0.05) is 5.56 Å². The maximum absolute atomic E-state index is 11.5. The summed E-state index contributed by atoms with van der Waals surface area (Å²) in [4.78, 5) is 15.8. The summed E-state index contributed by atoms with van der Waals surface area (Å²) in [7, 11) is 0. The van der Waals surface area contributed by atoms with Gasteiger partial charge >= 0.3 is 0 Å². The molecule has 0 aliphatic carbocycles. The van der Waals surface area contributed by atoms with Crippen molar-refractivity contribution in [2.45, 2.75) is 19.6 Å². The summed E-state index contributed by atoms with van der Waals surface area (Å²) in [6.07, 6.45) is -0.865. The number of nitrogens with one attached hydrogen (secondary N) is 1. The van der Waals surface area contributed by atoms with Crippen LogP contribution in [0.2, 0.25) is 0 Å². The van der Waals surface area contributed by atoms with E-state index < -0.39 is 12.0 Å². The number of carbonyl (C=O) groups excluding carboxylic acids is 1. The van der Waals surface area contributed by atoms with E-state index in [2.05, 4.69) is 16.4 Å². The lowest BCUT2D eigenvalue weighted by Gasteiger charge is -2.23. The van der Waals surface area contributed by atoms with Crippen LogP contribution < -0.4 is 11.1 Å². The van der Waals surface area contributed by atoms with Gasteiger partial charge in [0.25, 0.3) is 11.9 Å². The van der Waals surface area contributed by atoms with Crippen LogP contribution in [0.5, 0.6) is 0 Å². The van der Waals surface area contributed by atoms with Gasteiger partial charge in [-0.1, -0.05) is 6.07 Å². The van der Waals surface area contributed by atoms with E-state index in [-0.39, 0.29) is 6.02 Å². The number of rotatable bonds is 3. The van der Waals surface area contributed by atoms with Crippen molar-refractivity contribution in [2.24, 2.45) is 10.7 Å². The first-order valence-electron chi connectivity index (χ1n) is 6.47. The number of amides is 1. The molecule has 1 aromatic carbocycles. The molecule has 0 saturated heterocycles. The van der Waals surface area contributed by atoms with Crippen molar-refractivity contribution in [1.29, 1.82) is 0 Å². The molecule has 1 amide bonds. The van der Waals surface area contributed by atoms with E-state index in [1.807, 2.05) is 19.1 Å². The molecule has 107 valence electrons. The van der Waals surface area contributed by atoms with E-state index >= 15 is 0 Å². The smallest absolute Gasteiger partial charge is 0.291 e. The lowest BCUT2D eigenvalue weighted by molar-refractivity contribution is -0.125. The normalized spacial score (nSPS) is 16.6. The largest absolute Gasteiger partial charge is 0.465 e. The number of furan rings is 1. The Kier molecular flexibility index (Phi) is 3.35. The summed E-state index contributed by atoms with van der Waals surface area (Å²) in [5.74, 6) is 1.01. The number of nitrogens with two attached hydrogens (primary N) is 1. The Hall–Kier alpha value is -2.76.